The number of nitrogens with zero attached hydrogens (tertiary/aromatic N) is 1. The number of rotatable bonds is 4. The Bertz CT molecular complexity index is 814. The Kier molecular flexibility index (Phi) is 6.38. The van der Waals surface area contributed by atoms with Gasteiger partial charge in [-0.3, -0.25) is 25.3 Å². The van der Waals surface area contributed by atoms with Crippen molar-refractivity contribution >= 4 is 11.8 Å². The lowest BCUT2D eigenvalue weighted by atomic mass is 10.1. The van der Waals surface area contributed by atoms with Crippen LogP contribution in [0.25, 0.3) is 0 Å². The molecule has 0 spiro atoms. The highest BCUT2D eigenvalue weighted by Crippen LogP contribution is 2.14. The lowest BCUT2D eigenvalue weighted by Crippen LogP contribution is -2.44. The topological polar surface area (TPSA) is 70.7 Å². The summed E-state index contributed by atoms with van der Waals surface area (Å²) >= 11 is 0. The first-order chi connectivity index (χ1) is 13.4. The first kappa shape index (κ1) is 20.0. The summed E-state index contributed by atoms with van der Waals surface area (Å²) in [5.41, 5.74) is 6.49. The van der Waals surface area contributed by atoms with Crippen LogP contribution in [-0.4, -0.2) is 42.0 Å². The maximum absolute atomic E-state index is 12.9. The minimum atomic E-state index is -0.513. The number of carbonyl (C=O) groups excluding carboxylic acids is 2. The van der Waals surface area contributed by atoms with Gasteiger partial charge in [0.05, 0.1) is 12.2 Å². The number of halogens is 1. The number of nitrogens with one attached hydrogen (secondary N) is 2. The van der Waals surface area contributed by atoms with Gasteiger partial charge in [-0.15, -0.1) is 0 Å². The number of hydrazine groups is 1. The molecule has 1 heterocycles. The van der Waals surface area contributed by atoms with E-state index in [0.29, 0.717) is 5.56 Å². The van der Waals surface area contributed by atoms with E-state index in [2.05, 4.69) is 29.6 Å². The fourth-order valence-electron chi connectivity index (χ4n) is 3.29. The van der Waals surface area contributed by atoms with Crippen molar-refractivity contribution < 1.29 is 18.7 Å². The van der Waals surface area contributed by atoms with Gasteiger partial charge in [0.1, 0.15) is 5.82 Å². The van der Waals surface area contributed by atoms with Crippen LogP contribution < -0.4 is 10.9 Å². The van der Waals surface area contributed by atoms with E-state index < -0.39 is 17.6 Å². The summed E-state index contributed by atoms with van der Waals surface area (Å²) in [5, 5.41) is 0. The summed E-state index contributed by atoms with van der Waals surface area (Å²) in [5.74, 6) is -1.36. The van der Waals surface area contributed by atoms with Gasteiger partial charge in [-0.2, -0.15) is 0 Å². The molecule has 0 bridgehead atoms. The molecule has 2 aromatic rings. The number of amides is 2. The monoisotopic (exact) mass is 385 g/mol. The van der Waals surface area contributed by atoms with Crippen molar-refractivity contribution in [1.29, 1.82) is 0 Å². The average molecular weight is 385 g/mol. The molecule has 2 atom stereocenters. The molecule has 148 valence electrons. The second kappa shape index (κ2) is 8.95. The van der Waals surface area contributed by atoms with Crippen LogP contribution in [0.1, 0.15) is 40.1 Å². The Morgan fingerprint density at radius 2 is 1.39 bits per heavy atom. The fourth-order valence-corrected chi connectivity index (χ4v) is 3.29. The number of ether oxygens (including phenoxy) is 1. The molecular weight excluding hydrogens is 361 g/mol. The molecule has 1 fully saturated rings. The number of carbonyl (C=O) groups is 2. The zero-order chi connectivity index (χ0) is 20.1. The van der Waals surface area contributed by atoms with E-state index in [1.165, 1.54) is 24.3 Å². The normalized spacial score (nSPS) is 19.8. The van der Waals surface area contributed by atoms with Crippen LogP contribution in [0.2, 0.25) is 0 Å². The minimum Gasteiger partial charge on any atom is -0.373 e. The first-order valence-corrected chi connectivity index (χ1v) is 9.23. The van der Waals surface area contributed by atoms with Gasteiger partial charge in [0.2, 0.25) is 0 Å². The molecule has 3 rings (SSSR count). The summed E-state index contributed by atoms with van der Waals surface area (Å²) < 4.78 is 18.6. The lowest BCUT2D eigenvalue weighted by molar-refractivity contribution is -0.0704. The Morgan fingerprint density at radius 1 is 0.929 bits per heavy atom. The van der Waals surface area contributed by atoms with Crippen LogP contribution in [0, 0.1) is 5.82 Å². The number of morpholine rings is 1. The van der Waals surface area contributed by atoms with Gasteiger partial charge >= 0.3 is 0 Å². The Morgan fingerprint density at radius 3 is 1.89 bits per heavy atom. The number of hydrogen-bond donors (Lipinski definition) is 2. The largest absolute Gasteiger partial charge is 0.373 e. The van der Waals surface area contributed by atoms with Gasteiger partial charge in [0, 0.05) is 30.8 Å². The third kappa shape index (κ3) is 5.37. The number of benzene rings is 2. The van der Waals surface area contributed by atoms with Gasteiger partial charge in [-0.05, 0) is 55.8 Å². The van der Waals surface area contributed by atoms with Crippen LogP contribution in [0.5, 0.6) is 0 Å². The molecule has 1 aliphatic rings. The van der Waals surface area contributed by atoms with Crippen molar-refractivity contribution in [2.45, 2.75) is 32.6 Å². The quantitative estimate of drug-likeness (QED) is 0.794. The van der Waals surface area contributed by atoms with Gasteiger partial charge in [-0.1, -0.05) is 12.1 Å². The zero-order valence-corrected chi connectivity index (χ0v) is 15.9. The Labute approximate surface area is 163 Å². The molecule has 6 nitrogen and oxygen atoms in total. The van der Waals surface area contributed by atoms with Crippen molar-refractivity contribution in [3.63, 3.8) is 0 Å². The molecule has 0 saturated carbocycles. The van der Waals surface area contributed by atoms with Gasteiger partial charge in [-0.25, -0.2) is 4.39 Å². The molecule has 1 aliphatic heterocycles. The standard InChI is InChI=1S/C21H24FN3O3/c1-14-11-25(12-15(2)28-14)13-16-3-5-17(6-4-16)20(26)23-24-21(27)18-7-9-19(22)10-8-18/h3-10,14-15H,11-13H2,1-2H3,(H,23,26)(H,24,27). The highest BCUT2D eigenvalue weighted by molar-refractivity contribution is 5.99. The lowest BCUT2D eigenvalue weighted by Gasteiger charge is -2.35. The first-order valence-electron chi connectivity index (χ1n) is 9.23. The van der Waals surface area contributed by atoms with Crippen LogP contribution >= 0.6 is 0 Å². The maximum Gasteiger partial charge on any atom is 0.269 e. The van der Waals surface area contributed by atoms with E-state index in [0.717, 1.165) is 25.2 Å². The maximum atomic E-state index is 12.9. The molecule has 0 radical (unpaired) electrons. The third-order valence-corrected chi connectivity index (χ3v) is 4.51. The van der Waals surface area contributed by atoms with Crippen molar-refractivity contribution in [2.24, 2.45) is 0 Å². The minimum absolute atomic E-state index is 0.207. The van der Waals surface area contributed by atoms with Gasteiger partial charge in [0.25, 0.3) is 11.8 Å². The molecule has 2 aromatic carbocycles. The van der Waals surface area contributed by atoms with E-state index >= 15 is 0 Å². The summed E-state index contributed by atoms with van der Waals surface area (Å²) in [6, 6.07) is 12.3. The van der Waals surface area contributed by atoms with Gasteiger partial charge in [0.15, 0.2) is 0 Å². The number of hydrogen-bond acceptors (Lipinski definition) is 4. The molecule has 28 heavy (non-hydrogen) atoms. The SMILES string of the molecule is CC1CN(Cc2ccc(C(=O)NNC(=O)c3ccc(F)cc3)cc2)CC(C)O1. The van der Waals surface area contributed by atoms with E-state index in [1.807, 2.05) is 12.1 Å². The highest BCUT2D eigenvalue weighted by Gasteiger charge is 2.22. The molecule has 7 heteroatoms. The highest BCUT2D eigenvalue weighted by atomic mass is 19.1. The third-order valence-electron chi connectivity index (χ3n) is 4.51. The molecular formula is C21H24FN3O3. The predicted molar refractivity (Wildman–Crippen MR) is 103 cm³/mol. The second-order valence-electron chi connectivity index (χ2n) is 7.06. The van der Waals surface area contributed by atoms with E-state index in [4.69, 9.17) is 4.74 Å². The molecule has 2 N–H and O–H groups in total. The van der Waals surface area contributed by atoms with Crippen molar-refractivity contribution in [3.05, 3.63) is 71.0 Å². The second-order valence-corrected chi connectivity index (χ2v) is 7.06. The smallest absolute Gasteiger partial charge is 0.269 e. The average Bonchev–Trinajstić information content (AvgIpc) is 2.66. The summed E-state index contributed by atoms with van der Waals surface area (Å²) in [7, 11) is 0. The molecule has 2 unspecified atom stereocenters. The molecule has 0 aromatic heterocycles. The van der Waals surface area contributed by atoms with Crippen LogP contribution in [0.15, 0.2) is 48.5 Å². The van der Waals surface area contributed by atoms with Crippen molar-refractivity contribution in [3.8, 4) is 0 Å². The summed E-state index contributed by atoms with van der Waals surface area (Å²) in [4.78, 5) is 26.5. The van der Waals surface area contributed by atoms with Crippen LogP contribution in [-0.2, 0) is 11.3 Å². The summed E-state index contributed by atoms with van der Waals surface area (Å²) in [6.45, 7) is 6.68. The van der Waals surface area contributed by atoms with E-state index in [1.54, 1.807) is 12.1 Å². The zero-order valence-electron chi connectivity index (χ0n) is 15.9. The van der Waals surface area contributed by atoms with E-state index in [-0.39, 0.29) is 17.8 Å². The molecule has 1 saturated heterocycles. The Balaban J connectivity index is 1.52. The van der Waals surface area contributed by atoms with Crippen molar-refractivity contribution in [2.75, 3.05) is 13.1 Å². The molecule has 0 aliphatic carbocycles. The fraction of sp³-hybridized carbons (Fsp3) is 0.333. The molecule has 2 amide bonds. The van der Waals surface area contributed by atoms with E-state index in [9.17, 15) is 14.0 Å². The Hall–Kier alpha value is -2.77. The predicted octanol–water partition coefficient (Wildman–Crippen LogP) is 2.51. The summed E-state index contributed by atoms with van der Waals surface area (Å²) in [6.07, 6.45) is 0.414. The van der Waals surface area contributed by atoms with Crippen LogP contribution in [0.4, 0.5) is 4.39 Å². The van der Waals surface area contributed by atoms with Gasteiger partial charge < -0.3 is 4.74 Å². The van der Waals surface area contributed by atoms with Crippen LogP contribution in [0.3, 0.4) is 0 Å². The van der Waals surface area contributed by atoms with Crippen molar-refractivity contribution in [1.82, 2.24) is 15.8 Å².